The van der Waals surface area contributed by atoms with Gasteiger partial charge in [-0.2, -0.15) is 0 Å². The Bertz CT molecular complexity index is 551. The van der Waals surface area contributed by atoms with E-state index < -0.39 is 0 Å². The van der Waals surface area contributed by atoms with Crippen molar-refractivity contribution in [1.29, 1.82) is 0 Å². The van der Waals surface area contributed by atoms with E-state index in [-0.39, 0.29) is 5.91 Å². The molecule has 0 aliphatic carbocycles. The fourth-order valence-corrected chi connectivity index (χ4v) is 1.68. The predicted octanol–water partition coefficient (Wildman–Crippen LogP) is 3.31. The van der Waals surface area contributed by atoms with Gasteiger partial charge in [-0.05, 0) is 13.0 Å². The zero-order chi connectivity index (χ0) is 15.5. The van der Waals surface area contributed by atoms with Crippen molar-refractivity contribution < 1.29 is 9.53 Å². The Balaban J connectivity index is 2.68. The maximum absolute atomic E-state index is 11.7. The van der Waals surface area contributed by atoms with Gasteiger partial charge in [-0.15, -0.1) is 0 Å². The average Bonchev–Trinajstić information content (AvgIpc) is 2.49. The average molecular weight is 307 g/mol. The molecule has 1 aromatic carbocycles. The maximum atomic E-state index is 11.7. The van der Waals surface area contributed by atoms with E-state index in [1.807, 2.05) is 36.4 Å². The van der Waals surface area contributed by atoms with Crippen LogP contribution >= 0.6 is 11.6 Å². The summed E-state index contributed by atoms with van der Waals surface area (Å²) in [5, 5.41) is 2.76. The summed E-state index contributed by atoms with van der Waals surface area (Å²) in [6.07, 6.45) is 5.45. The predicted molar refractivity (Wildman–Crippen MR) is 88.1 cm³/mol. The molecule has 0 aliphatic rings. The lowest BCUT2D eigenvalue weighted by molar-refractivity contribution is -0.117. The van der Waals surface area contributed by atoms with Gasteiger partial charge in [-0.1, -0.05) is 48.0 Å². The number of methoxy groups -OCH3 is 1. The lowest BCUT2D eigenvalue weighted by atomic mass is 10.1. The second-order valence-electron chi connectivity index (χ2n) is 4.24. The molecule has 21 heavy (non-hydrogen) atoms. The van der Waals surface area contributed by atoms with Gasteiger partial charge in [0, 0.05) is 24.8 Å². The van der Waals surface area contributed by atoms with Crippen molar-refractivity contribution in [3.63, 3.8) is 0 Å². The lowest BCUT2D eigenvalue weighted by Crippen LogP contribution is -2.27. The minimum Gasteiger partial charge on any atom is -0.383 e. The van der Waals surface area contributed by atoms with Crippen LogP contribution in [0.2, 0.25) is 0 Å². The molecular weight excluding hydrogens is 288 g/mol. The topological polar surface area (TPSA) is 50.7 Å². The first-order valence-corrected chi connectivity index (χ1v) is 6.96. The number of nitrogens with zero attached hydrogens (tertiary/aromatic N) is 1. The zero-order valence-electron chi connectivity index (χ0n) is 12.2. The van der Waals surface area contributed by atoms with E-state index in [9.17, 15) is 4.79 Å². The molecule has 0 saturated heterocycles. The van der Waals surface area contributed by atoms with Gasteiger partial charge in [-0.25, -0.2) is 4.99 Å². The summed E-state index contributed by atoms with van der Waals surface area (Å²) in [6.45, 7) is 2.76. The van der Waals surface area contributed by atoms with Crippen LogP contribution in [-0.2, 0) is 9.53 Å². The molecule has 0 radical (unpaired) electrons. The number of ether oxygens (including phenoxy) is 1. The van der Waals surface area contributed by atoms with Crippen molar-refractivity contribution in [2.24, 2.45) is 4.99 Å². The summed E-state index contributed by atoms with van der Waals surface area (Å²) in [7, 11) is 1.60. The first-order valence-electron chi connectivity index (χ1n) is 6.53. The highest BCUT2D eigenvalue weighted by Crippen LogP contribution is 2.19. The first kappa shape index (κ1) is 17.1. The smallest absolute Gasteiger partial charge is 0.246 e. The Morgan fingerprint density at radius 1 is 1.43 bits per heavy atom. The Morgan fingerprint density at radius 3 is 2.90 bits per heavy atom. The minimum absolute atomic E-state index is 0.108. The van der Waals surface area contributed by atoms with Crippen LogP contribution < -0.4 is 5.32 Å². The quantitative estimate of drug-likeness (QED) is 0.364. The van der Waals surface area contributed by atoms with Crippen molar-refractivity contribution in [1.82, 2.24) is 5.32 Å². The molecule has 1 amide bonds. The fourth-order valence-electron chi connectivity index (χ4n) is 1.58. The van der Waals surface area contributed by atoms with Crippen molar-refractivity contribution in [3.8, 4) is 0 Å². The molecule has 0 atom stereocenters. The Labute approximate surface area is 130 Å². The first-order chi connectivity index (χ1) is 10.2. The molecule has 1 aromatic rings. The monoisotopic (exact) mass is 306 g/mol. The summed E-state index contributed by atoms with van der Waals surface area (Å²) < 4.78 is 4.87. The highest BCUT2D eigenvalue weighted by atomic mass is 35.5. The third-order valence-electron chi connectivity index (χ3n) is 2.70. The summed E-state index contributed by atoms with van der Waals surface area (Å²) in [5.74, 6) is -0.108. The van der Waals surface area contributed by atoms with Crippen LogP contribution in [0, 0.1) is 0 Å². The number of hydrogen-bond acceptors (Lipinski definition) is 3. The van der Waals surface area contributed by atoms with E-state index in [1.165, 1.54) is 5.67 Å². The van der Waals surface area contributed by atoms with Crippen LogP contribution in [-0.4, -0.2) is 31.8 Å². The van der Waals surface area contributed by atoms with Gasteiger partial charge in [0.15, 0.2) is 0 Å². The molecule has 0 aromatic heterocycles. The van der Waals surface area contributed by atoms with Crippen molar-refractivity contribution >= 4 is 34.9 Å². The van der Waals surface area contributed by atoms with Crippen LogP contribution in [0.15, 0.2) is 47.0 Å². The van der Waals surface area contributed by atoms with Gasteiger partial charge in [-0.3, -0.25) is 4.79 Å². The van der Waals surface area contributed by atoms with Gasteiger partial charge in [0.05, 0.1) is 18.0 Å². The van der Waals surface area contributed by atoms with Crippen LogP contribution in [0.4, 0.5) is 5.69 Å². The molecule has 0 spiro atoms. The number of amides is 1. The van der Waals surface area contributed by atoms with E-state index in [1.54, 1.807) is 20.1 Å². The number of nitrogens with one attached hydrogen (secondary N) is 1. The number of carbonyl (C=O) groups is 1. The highest BCUT2D eigenvalue weighted by Gasteiger charge is 2.01. The third-order valence-corrected chi connectivity index (χ3v) is 2.79. The van der Waals surface area contributed by atoms with Gasteiger partial charge in [0.2, 0.25) is 5.91 Å². The molecule has 1 N–H and O–H groups in total. The number of rotatable bonds is 7. The van der Waals surface area contributed by atoms with Crippen molar-refractivity contribution in [3.05, 3.63) is 47.6 Å². The normalized spacial score (nSPS) is 12.2. The second-order valence-corrected chi connectivity index (χ2v) is 4.44. The van der Waals surface area contributed by atoms with E-state index in [0.29, 0.717) is 18.7 Å². The highest BCUT2D eigenvalue weighted by molar-refractivity contribution is 6.56. The van der Waals surface area contributed by atoms with E-state index in [4.69, 9.17) is 16.3 Å². The molecule has 112 valence electrons. The summed E-state index contributed by atoms with van der Waals surface area (Å²) in [4.78, 5) is 15.8. The number of para-hydroxylation sites is 1. The lowest BCUT2D eigenvalue weighted by Gasteiger charge is -2.03. The molecule has 1 rings (SSSR count). The van der Waals surface area contributed by atoms with Crippen LogP contribution in [0.1, 0.15) is 12.5 Å². The maximum Gasteiger partial charge on any atom is 0.246 e. The zero-order valence-corrected chi connectivity index (χ0v) is 12.9. The van der Waals surface area contributed by atoms with Gasteiger partial charge < -0.3 is 10.1 Å². The standard InChI is InChI=1S/C16H19ClN2O2/c1-13(16(20)18-10-11-21-2)6-5-8-14-7-3-4-9-15(14)19-12-17/h3-9,12H,10-11H2,1-2H3,(H,18,20)/b8-5+,13-6-,19-12?. The van der Waals surface area contributed by atoms with Crippen molar-refractivity contribution in [2.45, 2.75) is 6.92 Å². The van der Waals surface area contributed by atoms with Crippen LogP contribution in [0.3, 0.4) is 0 Å². The molecule has 4 nitrogen and oxygen atoms in total. The van der Waals surface area contributed by atoms with E-state index in [2.05, 4.69) is 10.3 Å². The molecule has 0 saturated carbocycles. The molecule has 5 heteroatoms. The Hall–Kier alpha value is -1.91. The molecule has 0 heterocycles. The van der Waals surface area contributed by atoms with Gasteiger partial charge >= 0.3 is 0 Å². The second kappa shape index (κ2) is 9.91. The van der Waals surface area contributed by atoms with Crippen LogP contribution in [0.25, 0.3) is 6.08 Å². The minimum atomic E-state index is -0.108. The van der Waals surface area contributed by atoms with Gasteiger partial charge in [0.25, 0.3) is 0 Å². The number of carbonyl (C=O) groups excluding carboxylic acids is 1. The number of halogens is 1. The molecule has 0 fully saturated rings. The Kier molecular flexibility index (Phi) is 8.09. The SMILES string of the molecule is COCCNC(=O)/C(C)=C\C=C\c1ccccc1N=CCl. The van der Waals surface area contributed by atoms with Crippen LogP contribution in [0.5, 0.6) is 0 Å². The molecule has 0 bridgehead atoms. The van der Waals surface area contributed by atoms with E-state index >= 15 is 0 Å². The summed E-state index contributed by atoms with van der Waals surface area (Å²) in [6, 6.07) is 7.60. The molecular formula is C16H19ClN2O2. The molecule has 0 aliphatic heterocycles. The van der Waals surface area contributed by atoms with Gasteiger partial charge in [0.1, 0.15) is 0 Å². The number of aliphatic imine (C=N–C) groups is 1. The summed E-state index contributed by atoms with van der Waals surface area (Å²) >= 11 is 5.50. The fraction of sp³-hybridized carbons (Fsp3) is 0.250. The largest absolute Gasteiger partial charge is 0.383 e. The Morgan fingerprint density at radius 2 is 2.19 bits per heavy atom. The number of hydrogen-bond donors (Lipinski definition) is 1. The van der Waals surface area contributed by atoms with E-state index in [0.717, 1.165) is 11.3 Å². The number of benzene rings is 1. The third kappa shape index (κ3) is 6.38. The van der Waals surface area contributed by atoms with Crippen molar-refractivity contribution in [2.75, 3.05) is 20.3 Å². The summed E-state index contributed by atoms with van der Waals surface area (Å²) in [5.41, 5.74) is 3.56. The number of allylic oxidation sites excluding steroid dienone is 2. The molecule has 0 unspecified atom stereocenters.